The number of nitrogens with zero attached hydrogens (tertiary/aromatic N) is 1. The van der Waals surface area contributed by atoms with Crippen LogP contribution in [0.5, 0.6) is 0 Å². The van der Waals surface area contributed by atoms with Gasteiger partial charge in [-0.15, -0.1) is 0 Å². The molecule has 0 bridgehead atoms. The third-order valence-corrected chi connectivity index (χ3v) is 1.44. The molecule has 0 aliphatic heterocycles. The highest BCUT2D eigenvalue weighted by Gasteiger charge is 2.06. The molecule has 0 unspecified atom stereocenters. The second-order valence-electron chi connectivity index (χ2n) is 2.81. The van der Waals surface area contributed by atoms with Crippen LogP contribution in [0.4, 0.5) is 0 Å². The van der Waals surface area contributed by atoms with Crippen molar-refractivity contribution in [2.75, 3.05) is 7.11 Å². The van der Waals surface area contributed by atoms with Crippen molar-refractivity contribution in [1.29, 1.82) is 0 Å². The molecule has 3 heteroatoms. The summed E-state index contributed by atoms with van der Waals surface area (Å²) in [5, 5.41) is 3.83. The zero-order chi connectivity index (χ0) is 10.3. The van der Waals surface area contributed by atoms with Crippen LogP contribution in [0, 0.1) is 0 Å². The molecule has 1 rings (SSSR count). The van der Waals surface area contributed by atoms with Crippen molar-refractivity contribution in [3.8, 4) is 0 Å². The second kappa shape index (κ2) is 6.66. The van der Waals surface area contributed by atoms with Gasteiger partial charge >= 0.3 is 0 Å². The Balaban J connectivity index is 0.000000671. The van der Waals surface area contributed by atoms with Crippen molar-refractivity contribution >= 4 is 0 Å². The first-order valence-corrected chi connectivity index (χ1v) is 4.68. The van der Waals surface area contributed by atoms with E-state index in [1.54, 1.807) is 7.11 Å². The van der Waals surface area contributed by atoms with Gasteiger partial charge in [-0.05, 0) is 0 Å². The topological polar surface area (TPSA) is 35.3 Å². The van der Waals surface area contributed by atoms with Gasteiger partial charge in [0, 0.05) is 19.1 Å². The lowest BCUT2D eigenvalue weighted by Gasteiger charge is -1.93. The summed E-state index contributed by atoms with van der Waals surface area (Å²) in [6.45, 7) is 8.66. The first-order chi connectivity index (χ1) is 6.24. The third kappa shape index (κ3) is 4.08. The van der Waals surface area contributed by atoms with Gasteiger partial charge in [0.05, 0.1) is 6.61 Å². The van der Waals surface area contributed by atoms with Crippen LogP contribution in [-0.2, 0) is 11.3 Å². The number of hydrogen-bond donors (Lipinski definition) is 0. The van der Waals surface area contributed by atoms with E-state index in [-0.39, 0.29) is 0 Å². The molecule has 0 aromatic carbocycles. The van der Waals surface area contributed by atoms with Crippen LogP contribution in [0.1, 0.15) is 45.1 Å². The van der Waals surface area contributed by atoms with E-state index in [9.17, 15) is 0 Å². The minimum absolute atomic E-state index is 0.396. The SMILES string of the molecule is CC.COCc1cc(C(C)C)on1. The van der Waals surface area contributed by atoms with Crippen molar-refractivity contribution in [2.45, 2.75) is 40.2 Å². The largest absolute Gasteiger partial charge is 0.378 e. The highest BCUT2D eigenvalue weighted by molar-refractivity contribution is 5.07. The number of methoxy groups -OCH3 is 1. The predicted molar refractivity (Wildman–Crippen MR) is 52.7 cm³/mol. The average molecular weight is 185 g/mol. The molecular formula is C10H19NO2. The van der Waals surface area contributed by atoms with Crippen molar-refractivity contribution in [3.63, 3.8) is 0 Å². The molecule has 76 valence electrons. The summed E-state index contributed by atoms with van der Waals surface area (Å²) in [6, 6.07) is 1.92. The average Bonchev–Trinajstić information content (AvgIpc) is 2.57. The van der Waals surface area contributed by atoms with Gasteiger partial charge in [-0.3, -0.25) is 0 Å². The highest BCUT2D eigenvalue weighted by Crippen LogP contribution is 2.14. The van der Waals surface area contributed by atoms with Gasteiger partial charge < -0.3 is 9.26 Å². The molecule has 0 amide bonds. The minimum Gasteiger partial charge on any atom is -0.378 e. The molecule has 1 heterocycles. The molecule has 0 spiro atoms. The van der Waals surface area contributed by atoms with E-state index in [1.165, 1.54) is 0 Å². The number of ether oxygens (including phenoxy) is 1. The Morgan fingerprint density at radius 1 is 1.46 bits per heavy atom. The Labute approximate surface area is 80.1 Å². The van der Waals surface area contributed by atoms with Crippen molar-refractivity contribution in [3.05, 3.63) is 17.5 Å². The summed E-state index contributed by atoms with van der Waals surface area (Å²) in [6.07, 6.45) is 0. The summed E-state index contributed by atoms with van der Waals surface area (Å²) < 4.78 is 9.95. The first-order valence-electron chi connectivity index (χ1n) is 4.68. The summed E-state index contributed by atoms with van der Waals surface area (Å²) in [4.78, 5) is 0. The van der Waals surface area contributed by atoms with Crippen LogP contribution >= 0.6 is 0 Å². The van der Waals surface area contributed by atoms with E-state index in [0.717, 1.165) is 11.5 Å². The number of aromatic nitrogens is 1. The summed E-state index contributed by atoms with van der Waals surface area (Å²) >= 11 is 0. The fraction of sp³-hybridized carbons (Fsp3) is 0.700. The van der Waals surface area contributed by atoms with Crippen LogP contribution in [-0.4, -0.2) is 12.3 Å². The number of rotatable bonds is 3. The van der Waals surface area contributed by atoms with Crippen LogP contribution in [0.15, 0.2) is 10.6 Å². The summed E-state index contributed by atoms with van der Waals surface area (Å²) in [5.41, 5.74) is 0.858. The molecular weight excluding hydrogens is 166 g/mol. The lowest BCUT2D eigenvalue weighted by Crippen LogP contribution is -1.85. The van der Waals surface area contributed by atoms with E-state index in [4.69, 9.17) is 9.26 Å². The normalized spacial score (nSPS) is 9.69. The van der Waals surface area contributed by atoms with Crippen LogP contribution in [0.2, 0.25) is 0 Å². The van der Waals surface area contributed by atoms with Gasteiger partial charge in [-0.1, -0.05) is 32.9 Å². The summed E-state index contributed by atoms with van der Waals surface area (Å²) in [7, 11) is 1.64. The van der Waals surface area contributed by atoms with Crippen LogP contribution in [0.25, 0.3) is 0 Å². The Morgan fingerprint density at radius 3 is 2.46 bits per heavy atom. The zero-order valence-corrected chi connectivity index (χ0v) is 9.13. The Bertz CT molecular complexity index is 218. The summed E-state index contributed by atoms with van der Waals surface area (Å²) in [5.74, 6) is 1.31. The maximum atomic E-state index is 5.05. The molecule has 0 aliphatic rings. The third-order valence-electron chi connectivity index (χ3n) is 1.44. The molecule has 0 aliphatic carbocycles. The Hall–Kier alpha value is -0.830. The van der Waals surface area contributed by atoms with Gasteiger partial charge in [-0.2, -0.15) is 0 Å². The fourth-order valence-corrected chi connectivity index (χ4v) is 0.816. The standard InChI is InChI=1S/C8H13NO2.C2H6/c1-6(2)8-4-7(5-10-3)9-11-8;1-2/h4,6H,5H2,1-3H3;1-2H3. The Morgan fingerprint density at radius 2 is 2.08 bits per heavy atom. The van der Waals surface area contributed by atoms with Crippen molar-refractivity contribution in [2.24, 2.45) is 0 Å². The molecule has 0 fully saturated rings. The predicted octanol–water partition coefficient (Wildman–Crippen LogP) is 2.97. The van der Waals surface area contributed by atoms with Crippen LogP contribution in [0.3, 0.4) is 0 Å². The van der Waals surface area contributed by atoms with E-state index in [2.05, 4.69) is 19.0 Å². The maximum absolute atomic E-state index is 5.05. The molecule has 1 aromatic heterocycles. The van der Waals surface area contributed by atoms with E-state index in [1.807, 2.05) is 19.9 Å². The number of hydrogen-bond acceptors (Lipinski definition) is 3. The van der Waals surface area contributed by atoms with Gasteiger partial charge in [0.2, 0.25) is 0 Å². The monoisotopic (exact) mass is 185 g/mol. The second-order valence-corrected chi connectivity index (χ2v) is 2.81. The smallest absolute Gasteiger partial charge is 0.139 e. The quantitative estimate of drug-likeness (QED) is 0.726. The van der Waals surface area contributed by atoms with Crippen molar-refractivity contribution in [1.82, 2.24) is 5.16 Å². The zero-order valence-electron chi connectivity index (χ0n) is 9.13. The fourth-order valence-electron chi connectivity index (χ4n) is 0.816. The maximum Gasteiger partial charge on any atom is 0.139 e. The molecule has 0 radical (unpaired) electrons. The van der Waals surface area contributed by atoms with Gasteiger partial charge in [-0.25, -0.2) is 0 Å². The lowest BCUT2D eigenvalue weighted by molar-refractivity contribution is 0.177. The Kier molecular flexibility index (Phi) is 6.24. The van der Waals surface area contributed by atoms with Crippen molar-refractivity contribution < 1.29 is 9.26 Å². The van der Waals surface area contributed by atoms with Gasteiger partial charge in [0.15, 0.2) is 0 Å². The minimum atomic E-state index is 0.396. The molecule has 1 aromatic rings. The van der Waals surface area contributed by atoms with E-state index in [0.29, 0.717) is 12.5 Å². The molecule has 3 nitrogen and oxygen atoms in total. The van der Waals surface area contributed by atoms with Gasteiger partial charge in [0.25, 0.3) is 0 Å². The highest BCUT2D eigenvalue weighted by atomic mass is 16.5. The van der Waals surface area contributed by atoms with Crippen LogP contribution < -0.4 is 0 Å². The molecule has 13 heavy (non-hydrogen) atoms. The molecule has 0 saturated carbocycles. The lowest BCUT2D eigenvalue weighted by atomic mass is 10.1. The molecule has 0 N–H and O–H groups in total. The van der Waals surface area contributed by atoms with Gasteiger partial charge in [0.1, 0.15) is 11.5 Å². The molecule has 0 saturated heterocycles. The first kappa shape index (κ1) is 12.2. The van der Waals surface area contributed by atoms with E-state index < -0.39 is 0 Å². The van der Waals surface area contributed by atoms with E-state index >= 15 is 0 Å². The molecule has 0 atom stereocenters.